The molecule has 0 radical (unpaired) electrons. The zero-order valence-electron chi connectivity index (χ0n) is 6.88. The fraction of sp³-hybridized carbons (Fsp3) is 0.857. The molecule has 0 fully saturated rings. The molecular formula is C7H16N2O2. The first-order valence-electron chi connectivity index (χ1n) is 3.72. The van der Waals surface area contributed by atoms with Crippen LogP contribution in [-0.4, -0.2) is 25.2 Å². The first kappa shape index (κ1) is 10.6. The summed E-state index contributed by atoms with van der Waals surface area (Å²) < 4.78 is 4.87. The Morgan fingerprint density at radius 3 is 2.73 bits per heavy atom. The van der Waals surface area contributed by atoms with Crippen LogP contribution in [-0.2, 0) is 9.53 Å². The maximum atomic E-state index is 10.6. The van der Waals surface area contributed by atoms with Gasteiger partial charge in [-0.05, 0) is 19.8 Å². The van der Waals surface area contributed by atoms with Crippen molar-refractivity contribution in [2.45, 2.75) is 25.8 Å². The Morgan fingerprint density at radius 1 is 1.64 bits per heavy atom. The van der Waals surface area contributed by atoms with Gasteiger partial charge in [-0.25, -0.2) is 0 Å². The van der Waals surface area contributed by atoms with Gasteiger partial charge in [0.15, 0.2) is 0 Å². The predicted molar refractivity (Wildman–Crippen MR) is 42.9 cm³/mol. The van der Waals surface area contributed by atoms with Crippen molar-refractivity contribution in [3.8, 4) is 0 Å². The lowest BCUT2D eigenvalue weighted by molar-refractivity contribution is -0.118. The van der Waals surface area contributed by atoms with Crippen LogP contribution in [0.1, 0.15) is 19.8 Å². The Morgan fingerprint density at radius 2 is 2.27 bits per heavy atom. The number of carbonyl (C=O) groups is 1. The maximum Gasteiger partial charge on any atom is 0.146 e. The number of ether oxygens (including phenoxy) is 1. The van der Waals surface area contributed by atoms with Gasteiger partial charge in [0.1, 0.15) is 5.78 Å². The van der Waals surface area contributed by atoms with Gasteiger partial charge in [0.2, 0.25) is 0 Å². The maximum absolute atomic E-state index is 10.6. The van der Waals surface area contributed by atoms with Gasteiger partial charge in [-0.3, -0.25) is 4.79 Å². The third-order valence-electron chi connectivity index (χ3n) is 1.44. The Bertz CT molecular complexity index is 117. The molecule has 0 saturated carbocycles. The summed E-state index contributed by atoms with van der Waals surface area (Å²) in [6.45, 7) is 2.31. The van der Waals surface area contributed by atoms with Crippen LogP contribution in [0.25, 0.3) is 0 Å². The molecule has 0 unspecified atom stereocenters. The average Bonchev–Trinajstić information content (AvgIpc) is 1.97. The number of Topliss-reactive ketones (excluding diaryl/α,β-unsaturated/α-hetero) is 1. The molecule has 0 rings (SSSR count). The van der Waals surface area contributed by atoms with Crippen LogP contribution in [0.4, 0.5) is 0 Å². The van der Waals surface area contributed by atoms with Crippen molar-refractivity contribution >= 4 is 5.78 Å². The first-order chi connectivity index (χ1) is 5.18. The minimum absolute atomic E-state index is 0.0257. The standard InChI is InChI=1S/C7H16N2O2/c1-6(10)7(9)3-2-4-11-5-8/h7H,2-5,8-9H2,1H3/t7-/m0/s1. The van der Waals surface area contributed by atoms with Gasteiger partial charge in [0.05, 0.1) is 12.8 Å². The van der Waals surface area contributed by atoms with E-state index in [4.69, 9.17) is 16.2 Å². The van der Waals surface area contributed by atoms with E-state index in [0.29, 0.717) is 13.0 Å². The van der Waals surface area contributed by atoms with Crippen molar-refractivity contribution < 1.29 is 9.53 Å². The molecule has 4 nitrogen and oxygen atoms in total. The summed E-state index contributed by atoms with van der Waals surface area (Å²) in [7, 11) is 0. The molecule has 0 heterocycles. The van der Waals surface area contributed by atoms with Gasteiger partial charge >= 0.3 is 0 Å². The van der Waals surface area contributed by atoms with Gasteiger partial charge in [0.25, 0.3) is 0 Å². The van der Waals surface area contributed by atoms with Crippen molar-refractivity contribution in [3.63, 3.8) is 0 Å². The van der Waals surface area contributed by atoms with E-state index in [2.05, 4.69) is 0 Å². The Hall–Kier alpha value is -0.450. The van der Waals surface area contributed by atoms with Crippen molar-refractivity contribution in [2.24, 2.45) is 11.5 Å². The molecule has 0 aliphatic rings. The molecule has 0 aromatic rings. The van der Waals surface area contributed by atoms with Crippen molar-refractivity contribution in [1.29, 1.82) is 0 Å². The number of hydrogen-bond acceptors (Lipinski definition) is 4. The fourth-order valence-electron chi connectivity index (χ4n) is 0.692. The monoisotopic (exact) mass is 160 g/mol. The van der Waals surface area contributed by atoms with Crippen LogP contribution in [0.2, 0.25) is 0 Å². The molecule has 1 atom stereocenters. The highest BCUT2D eigenvalue weighted by atomic mass is 16.5. The molecule has 0 aliphatic carbocycles. The molecule has 0 aromatic carbocycles. The summed E-state index contributed by atoms with van der Waals surface area (Å²) in [6, 6.07) is -0.337. The van der Waals surface area contributed by atoms with Crippen molar-refractivity contribution in [3.05, 3.63) is 0 Å². The second-order valence-corrected chi connectivity index (χ2v) is 2.43. The highest BCUT2D eigenvalue weighted by Gasteiger charge is 2.06. The summed E-state index contributed by atoms with van der Waals surface area (Å²) in [4.78, 5) is 10.6. The second-order valence-electron chi connectivity index (χ2n) is 2.43. The molecule has 4 heteroatoms. The normalized spacial score (nSPS) is 13.0. The van der Waals surface area contributed by atoms with Gasteiger partial charge in [-0.1, -0.05) is 0 Å². The van der Waals surface area contributed by atoms with Gasteiger partial charge < -0.3 is 16.2 Å². The number of hydrogen-bond donors (Lipinski definition) is 2. The summed E-state index contributed by atoms with van der Waals surface area (Å²) in [5, 5.41) is 0. The van der Waals surface area contributed by atoms with Gasteiger partial charge in [-0.15, -0.1) is 0 Å². The molecule has 11 heavy (non-hydrogen) atoms. The van der Waals surface area contributed by atoms with E-state index in [1.165, 1.54) is 6.92 Å². The van der Waals surface area contributed by atoms with E-state index >= 15 is 0 Å². The number of carbonyl (C=O) groups excluding carboxylic acids is 1. The molecule has 0 bridgehead atoms. The second kappa shape index (κ2) is 6.27. The van der Waals surface area contributed by atoms with E-state index < -0.39 is 0 Å². The SMILES string of the molecule is CC(=O)[C@@H](N)CCCOCN. The largest absolute Gasteiger partial charge is 0.367 e. The van der Waals surface area contributed by atoms with Gasteiger partial charge in [-0.2, -0.15) is 0 Å². The predicted octanol–water partition coefficient (Wildman–Crippen LogP) is -0.384. The molecule has 0 saturated heterocycles. The van der Waals surface area contributed by atoms with Crippen LogP contribution in [0.3, 0.4) is 0 Å². The first-order valence-corrected chi connectivity index (χ1v) is 3.72. The Balaban J connectivity index is 3.17. The van der Waals surface area contributed by atoms with Gasteiger partial charge in [0, 0.05) is 6.61 Å². The molecule has 4 N–H and O–H groups in total. The average molecular weight is 160 g/mol. The minimum Gasteiger partial charge on any atom is -0.367 e. The molecule has 0 aliphatic heterocycles. The lowest BCUT2D eigenvalue weighted by Gasteiger charge is -2.06. The van der Waals surface area contributed by atoms with Crippen LogP contribution in [0, 0.1) is 0 Å². The van der Waals surface area contributed by atoms with Crippen LogP contribution in [0.15, 0.2) is 0 Å². The van der Waals surface area contributed by atoms with Crippen molar-refractivity contribution in [1.82, 2.24) is 0 Å². The van der Waals surface area contributed by atoms with E-state index in [9.17, 15) is 4.79 Å². The summed E-state index contributed by atoms with van der Waals surface area (Å²) >= 11 is 0. The lowest BCUT2D eigenvalue weighted by Crippen LogP contribution is -2.28. The topological polar surface area (TPSA) is 78.3 Å². The highest BCUT2D eigenvalue weighted by molar-refractivity contribution is 5.80. The third-order valence-corrected chi connectivity index (χ3v) is 1.44. The zero-order chi connectivity index (χ0) is 8.69. The summed E-state index contributed by atoms with van der Waals surface area (Å²) in [6.07, 6.45) is 1.47. The van der Waals surface area contributed by atoms with Crippen LogP contribution in [0.5, 0.6) is 0 Å². The quantitative estimate of drug-likeness (QED) is 0.410. The number of nitrogens with two attached hydrogens (primary N) is 2. The Kier molecular flexibility index (Phi) is 6.02. The molecule has 0 amide bonds. The third kappa shape index (κ3) is 5.97. The molecular weight excluding hydrogens is 144 g/mol. The smallest absolute Gasteiger partial charge is 0.146 e. The molecule has 0 aromatic heterocycles. The van der Waals surface area contributed by atoms with Crippen molar-refractivity contribution in [2.75, 3.05) is 13.3 Å². The lowest BCUT2D eigenvalue weighted by atomic mass is 10.1. The minimum atomic E-state index is -0.337. The van der Waals surface area contributed by atoms with E-state index in [1.54, 1.807) is 0 Å². The summed E-state index contributed by atoms with van der Waals surface area (Å²) in [5.74, 6) is 0.0257. The zero-order valence-corrected chi connectivity index (χ0v) is 6.88. The van der Waals surface area contributed by atoms with E-state index in [0.717, 1.165) is 6.42 Å². The Labute approximate surface area is 66.9 Å². The van der Waals surface area contributed by atoms with E-state index in [1.807, 2.05) is 0 Å². The number of rotatable bonds is 6. The highest BCUT2D eigenvalue weighted by Crippen LogP contribution is 1.95. The number of ketones is 1. The fourth-order valence-corrected chi connectivity index (χ4v) is 0.692. The summed E-state index contributed by atoms with van der Waals surface area (Å²) in [5.41, 5.74) is 10.5. The molecule has 66 valence electrons. The molecule has 0 spiro atoms. The van der Waals surface area contributed by atoms with Crippen LogP contribution < -0.4 is 11.5 Å². The van der Waals surface area contributed by atoms with E-state index in [-0.39, 0.29) is 18.6 Å². The van der Waals surface area contributed by atoms with Crippen LogP contribution >= 0.6 is 0 Å².